The third-order valence-corrected chi connectivity index (χ3v) is 4.35. The summed E-state index contributed by atoms with van der Waals surface area (Å²) in [7, 11) is 0. The number of nitrogens with one attached hydrogen (secondary N) is 3. The zero-order chi connectivity index (χ0) is 24.0. The molecule has 0 rings (SSSR count). The molecule has 0 heterocycles. The summed E-state index contributed by atoms with van der Waals surface area (Å²) in [4.78, 5) is 58.5. The molecule has 0 aliphatic heterocycles. The molecule has 0 spiro atoms. The second-order valence-corrected chi connectivity index (χ2v) is 7.69. The minimum Gasteiger partial charge on any atom is -0.481 e. The number of hydrogen-bond donors (Lipinski definition) is 7. The molecule has 9 N–H and O–H groups in total. The van der Waals surface area contributed by atoms with Crippen molar-refractivity contribution in [3.05, 3.63) is 0 Å². The lowest BCUT2D eigenvalue weighted by atomic mass is 10.0. The van der Waals surface area contributed by atoms with Crippen molar-refractivity contribution in [3.8, 4) is 0 Å². The zero-order valence-corrected chi connectivity index (χ0v) is 18.1. The second-order valence-electron chi connectivity index (χ2n) is 7.69. The van der Waals surface area contributed by atoms with Crippen LogP contribution in [0, 0.1) is 5.92 Å². The molecule has 0 saturated carbocycles. The van der Waals surface area contributed by atoms with Gasteiger partial charge in [0.25, 0.3) is 0 Å². The smallest absolute Gasteiger partial charge is 0.326 e. The largest absolute Gasteiger partial charge is 0.481 e. The molecule has 0 saturated heterocycles. The van der Waals surface area contributed by atoms with Gasteiger partial charge in [0.05, 0.1) is 12.6 Å². The van der Waals surface area contributed by atoms with Crippen molar-refractivity contribution < 1.29 is 34.2 Å². The SMILES string of the molecule is CC(C)CC(NC(=O)C(N)CCC(=O)O)C(=O)NCC(=O)NC(CCCCN)C(=O)O. The minimum absolute atomic E-state index is 0.0269. The van der Waals surface area contributed by atoms with Gasteiger partial charge >= 0.3 is 11.9 Å². The number of carboxylic acids is 2. The summed E-state index contributed by atoms with van der Waals surface area (Å²) < 4.78 is 0. The van der Waals surface area contributed by atoms with Gasteiger partial charge in [-0.3, -0.25) is 19.2 Å². The van der Waals surface area contributed by atoms with Gasteiger partial charge < -0.3 is 37.6 Å². The molecule has 12 heteroatoms. The Morgan fingerprint density at radius 1 is 0.903 bits per heavy atom. The van der Waals surface area contributed by atoms with Crippen LogP contribution in [0.15, 0.2) is 0 Å². The fourth-order valence-corrected chi connectivity index (χ4v) is 2.68. The predicted octanol–water partition coefficient (Wildman–Crippen LogP) is -1.48. The number of amides is 3. The predicted molar refractivity (Wildman–Crippen MR) is 112 cm³/mol. The van der Waals surface area contributed by atoms with Gasteiger partial charge in [-0.15, -0.1) is 0 Å². The number of nitrogens with two attached hydrogens (primary N) is 2. The van der Waals surface area contributed by atoms with Crippen molar-refractivity contribution in [2.45, 2.75) is 70.5 Å². The lowest BCUT2D eigenvalue weighted by molar-refractivity contribution is -0.142. The van der Waals surface area contributed by atoms with Gasteiger partial charge in [0.15, 0.2) is 0 Å². The van der Waals surface area contributed by atoms with Crippen LogP contribution in [-0.2, 0) is 24.0 Å². The van der Waals surface area contributed by atoms with E-state index in [9.17, 15) is 29.1 Å². The van der Waals surface area contributed by atoms with Gasteiger partial charge in [-0.2, -0.15) is 0 Å². The first-order valence-electron chi connectivity index (χ1n) is 10.3. The van der Waals surface area contributed by atoms with Gasteiger partial charge in [0.2, 0.25) is 17.7 Å². The number of rotatable bonds is 16. The number of aliphatic carboxylic acids is 2. The van der Waals surface area contributed by atoms with Gasteiger partial charge in [0, 0.05) is 6.42 Å². The van der Waals surface area contributed by atoms with E-state index in [-0.39, 0.29) is 31.6 Å². The highest BCUT2D eigenvalue weighted by Crippen LogP contribution is 2.06. The molecule has 0 radical (unpaired) electrons. The zero-order valence-electron chi connectivity index (χ0n) is 18.1. The van der Waals surface area contributed by atoms with Gasteiger partial charge in [-0.05, 0) is 44.6 Å². The lowest BCUT2D eigenvalue weighted by Gasteiger charge is -2.22. The first kappa shape index (κ1) is 28.3. The third kappa shape index (κ3) is 13.2. The van der Waals surface area contributed by atoms with E-state index in [0.717, 1.165) is 0 Å². The van der Waals surface area contributed by atoms with Crippen LogP contribution in [0.1, 0.15) is 52.4 Å². The average molecular weight is 446 g/mol. The maximum absolute atomic E-state index is 12.5. The monoisotopic (exact) mass is 445 g/mol. The molecule has 178 valence electrons. The molecule has 0 bridgehead atoms. The molecule has 0 aromatic rings. The Morgan fingerprint density at radius 3 is 2.06 bits per heavy atom. The van der Waals surface area contributed by atoms with Crippen molar-refractivity contribution in [1.29, 1.82) is 0 Å². The molecule has 3 amide bonds. The summed E-state index contributed by atoms with van der Waals surface area (Å²) in [5, 5.41) is 25.1. The van der Waals surface area contributed by atoms with Crippen LogP contribution in [0.25, 0.3) is 0 Å². The summed E-state index contributed by atoms with van der Waals surface area (Å²) >= 11 is 0. The van der Waals surface area contributed by atoms with E-state index in [1.807, 2.05) is 13.8 Å². The summed E-state index contributed by atoms with van der Waals surface area (Å²) in [5.41, 5.74) is 11.0. The Balaban J connectivity index is 4.78. The molecule has 0 aromatic carbocycles. The maximum Gasteiger partial charge on any atom is 0.326 e. The van der Waals surface area contributed by atoms with Crippen molar-refractivity contribution >= 4 is 29.7 Å². The van der Waals surface area contributed by atoms with E-state index in [1.54, 1.807) is 0 Å². The van der Waals surface area contributed by atoms with E-state index in [0.29, 0.717) is 19.4 Å². The summed E-state index contributed by atoms with van der Waals surface area (Å²) in [5.74, 6) is -4.22. The fraction of sp³-hybridized carbons (Fsp3) is 0.737. The standard InChI is InChI=1S/C19H35N5O7/c1-11(2)9-14(24-17(28)12(21)6-7-16(26)27)18(29)22-10-15(25)23-13(19(30)31)5-3-4-8-20/h11-14H,3-10,20-21H2,1-2H3,(H,22,29)(H,23,25)(H,24,28)(H,26,27)(H,30,31). The van der Waals surface area contributed by atoms with E-state index in [4.69, 9.17) is 16.6 Å². The van der Waals surface area contributed by atoms with Crippen molar-refractivity contribution in [2.24, 2.45) is 17.4 Å². The Labute approximate surface area is 181 Å². The average Bonchev–Trinajstić information content (AvgIpc) is 2.68. The van der Waals surface area contributed by atoms with Gasteiger partial charge in [-0.25, -0.2) is 4.79 Å². The number of unbranched alkanes of at least 4 members (excludes halogenated alkanes) is 1. The number of carbonyl (C=O) groups is 5. The van der Waals surface area contributed by atoms with Crippen LogP contribution in [0.2, 0.25) is 0 Å². The van der Waals surface area contributed by atoms with Crippen molar-refractivity contribution in [1.82, 2.24) is 16.0 Å². The van der Waals surface area contributed by atoms with Gasteiger partial charge in [-0.1, -0.05) is 13.8 Å². The minimum atomic E-state index is -1.18. The number of hydrogen-bond acceptors (Lipinski definition) is 7. The number of carbonyl (C=O) groups excluding carboxylic acids is 3. The Bertz CT molecular complexity index is 627. The fourth-order valence-electron chi connectivity index (χ4n) is 2.68. The molecule has 0 aromatic heterocycles. The molecule has 12 nitrogen and oxygen atoms in total. The van der Waals surface area contributed by atoms with Crippen molar-refractivity contribution in [3.63, 3.8) is 0 Å². The highest BCUT2D eigenvalue weighted by molar-refractivity contribution is 5.92. The Morgan fingerprint density at radius 2 is 1.55 bits per heavy atom. The van der Waals surface area contributed by atoms with Crippen LogP contribution in [0.5, 0.6) is 0 Å². The van der Waals surface area contributed by atoms with E-state index < -0.39 is 54.3 Å². The second kappa shape index (κ2) is 15.1. The topological polar surface area (TPSA) is 214 Å². The molecule has 0 fully saturated rings. The highest BCUT2D eigenvalue weighted by atomic mass is 16.4. The Kier molecular flexibility index (Phi) is 13.8. The van der Waals surface area contributed by atoms with Gasteiger partial charge in [0.1, 0.15) is 12.1 Å². The summed E-state index contributed by atoms with van der Waals surface area (Å²) in [6.07, 6.45) is 1.27. The molecule has 3 unspecified atom stereocenters. The molecule has 3 atom stereocenters. The molecular formula is C19H35N5O7. The van der Waals surface area contributed by atoms with Crippen LogP contribution in [0.4, 0.5) is 0 Å². The van der Waals surface area contributed by atoms with Crippen LogP contribution < -0.4 is 27.4 Å². The van der Waals surface area contributed by atoms with E-state index >= 15 is 0 Å². The first-order valence-corrected chi connectivity index (χ1v) is 10.3. The van der Waals surface area contributed by atoms with Crippen LogP contribution >= 0.6 is 0 Å². The van der Waals surface area contributed by atoms with E-state index in [2.05, 4.69) is 16.0 Å². The quantitative estimate of drug-likeness (QED) is 0.138. The molecular weight excluding hydrogens is 410 g/mol. The van der Waals surface area contributed by atoms with Crippen molar-refractivity contribution in [2.75, 3.05) is 13.1 Å². The molecule has 31 heavy (non-hydrogen) atoms. The van der Waals surface area contributed by atoms with Crippen LogP contribution in [0.3, 0.4) is 0 Å². The summed E-state index contributed by atoms with van der Waals surface area (Å²) in [6.45, 7) is 3.62. The highest BCUT2D eigenvalue weighted by Gasteiger charge is 2.26. The first-order chi connectivity index (χ1) is 14.5. The number of carboxylic acid groups (broad SMARTS) is 2. The maximum atomic E-state index is 12.5. The Hall–Kier alpha value is -2.73. The summed E-state index contributed by atoms with van der Waals surface area (Å²) in [6, 6.07) is -3.16. The normalized spacial score (nSPS) is 13.7. The lowest BCUT2D eigenvalue weighted by Crippen LogP contribution is -2.53. The molecule has 0 aliphatic carbocycles. The molecule has 0 aliphatic rings. The van der Waals surface area contributed by atoms with Crippen LogP contribution in [-0.4, -0.2) is 71.1 Å². The third-order valence-electron chi connectivity index (χ3n) is 4.35. The van der Waals surface area contributed by atoms with E-state index in [1.165, 1.54) is 0 Å².